The van der Waals surface area contributed by atoms with Gasteiger partial charge in [0.25, 0.3) is 0 Å². The number of fused-ring (bicyclic) bond motifs is 1. The summed E-state index contributed by atoms with van der Waals surface area (Å²) in [6.07, 6.45) is 4.45. The van der Waals surface area contributed by atoms with Crippen molar-refractivity contribution in [3.05, 3.63) is 41.7 Å². The molecule has 2 amide bonds. The number of hydrogen-bond donors (Lipinski definition) is 1. The van der Waals surface area contributed by atoms with E-state index in [1.807, 2.05) is 11.0 Å². The van der Waals surface area contributed by atoms with Crippen LogP contribution in [0.15, 0.2) is 24.3 Å². The van der Waals surface area contributed by atoms with Gasteiger partial charge >= 0.3 is 6.03 Å². The van der Waals surface area contributed by atoms with Crippen LogP contribution in [0.3, 0.4) is 0 Å². The van der Waals surface area contributed by atoms with Gasteiger partial charge in [-0.25, -0.2) is 9.18 Å². The SMILES string of the molecule is O=C(NCc1nnc2n1CCCCC2)N1CCN(c2ccccc2F)CC1. The van der Waals surface area contributed by atoms with Crippen LogP contribution in [0.2, 0.25) is 0 Å². The maximum atomic E-state index is 13.9. The maximum Gasteiger partial charge on any atom is 0.317 e. The Balaban J connectivity index is 1.30. The summed E-state index contributed by atoms with van der Waals surface area (Å²) in [5, 5.41) is 11.5. The predicted octanol–water partition coefficient (Wildman–Crippen LogP) is 2.18. The van der Waals surface area contributed by atoms with Gasteiger partial charge in [0.1, 0.15) is 11.6 Å². The van der Waals surface area contributed by atoms with Crippen molar-refractivity contribution >= 4 is 11.7 Å². The number of aryl methyl sites for hydroxylation is 1. The third-order valence-electron chi connectivity index (χ3n) is 5.34. The van der Waals surface area contributed by atoms with E-state index in [9.17, 15) is 9.18 Å². The topological polar surface area (TPSA) is 66.3 Å². The molecule has 0 aliphatic carbocycles. The lowest BCUT2D eigenvalue weighted by atomic mass is 10.2. The van der Waals surface area contributed by atoms with Crippen LogP contribution in [0.25, 0.3) is 0 Å². The van der Waals surface area contributed by atoms with E-state index in [0.29, 0.717) is 38.4 Å². The summed E-state index contributed by atoms with van der Waals surface area (Å²) in [5.74, 6) is 1.63. The molecule has 1 saturated heterocycles. The summed E-state index contributed by atoms with van der Waals surface area (Å²) < 4.78 is 16.1. The van der Waals surface area contributed by atoms with Gasteiger partial charge in [0.2, 0.25) is 0 Å². The van der Waals surface area contributed by atoms with Crippen LogP contribution in [0, 0.1) is 5.82 Å². The van der Waals surface area contributed by atoms with Gasteiger partial charge in [0.05, 0.1) is 12.2 Å². The molecule has 27 heavy (non-hydrogen) atoms. The van der Waals surface area contributed by atoms with Gasteiger partial charge in [-0.1, -0.05) is 18.6 Å². The number of para-hydroxylation sites is 1. The second-order valence-corrected chi connectivity index (χ2v) is 7.08. The van der Waals surface area contributed by atoms with E-state index >= 15 is 0 Å². The van der Waals surface area contributed by atoms with Gasteiger partial charge < -0.3 is 19.7 Å². The molecule has 1 aromatic carbocycles. The zero-order chi connectivity index (χ0) is 18.6. The first-order chi connectivity index (χ1) is 13.2. The van der Waals surface area contributed by atoms with Gasteiger partial charge in [-0.3, -0.25) is 0 Å². The minimum atomic E-state index is -0.220. The molecule has 0 saturated carbocycles. The fourth-order valence-corrected chi connectivity index (χ4v) is 3.80. The van der Waals surface area contributed by atoms with Crippen LogP contribution in [0.5, 0.6) is 0 Å². The number of carbonyl (C=O) groups excluding carboxylic acids is 1. The Morgan fingerprint density at radius 1 is 1.04 bits per heavy atom. The van der Waals surface area contributed by atoms with Crippen molar-refractivity contribution in [1.82, 2.24) is 25.0 Å². The van der Waals surface area contributed by atoms with E-state index in [4.69, 9.17) is 0 Å². The molecule has 2 aliphatic heterocycles. The van der Waals surface area contributed by atoms with Crippen molar-refractivity contribution < 1.29 is 9.18 Å². The third kappa shape index (κ3) is 3.89. The molecule has 1 fully saturated rings. The van der Waals surface area contributed by atoms with E-state index in [1.165, 1.54) is 12.5 Å². The molecular formula is C19H25FN6O. The molecule has 7 nitrogen and oxygen atoms in total. The van der Waals surface area contributed by atoms with Crippen molar-refractivity contribution in [2.75, 3.05) is 31.1 Å². The number of benzene rings is 1. The standard InChI is InChI=1S/C19H25FN6O/c20-15-6-3-4-7-16(15)24-10-12-25(13-11-24)19(27)21-14-18-23-22-17-8-2-1-5-9-26(17)18/h3-4,6-7H,1-2,5,8-14H2,(H,21,27). The van der Waals surface area contributed by atoms with Crippen molar-refractivity contribution in [2.24, 2.45) is 0 Å². The number of nitrogens with zero attached hydrogens (tertiary/aromatic N) is 5. The molecular weight excluding hydrogens is 347 g/mol. The van der Waals surface area contributed by atoms with E-state index in [2.05, 4.69) is 20.1 Å². The Morgan fingerprint density at radius 3 is 2.67 bits per heavy atom. The van der Waals surface area contributed by atoms with Crippen LogP contribution < -0.4 is 10.2 Å². The monoisotopic (exact) mass is 372 g/mol. The number of amides is 2. The summed E-state index contributed by atoms with van der Waals surface area (Å²) in [6.45, 7) is 3.69. The second kappa shape index (κ2) is 7.94. The molecule has 0 radical (unpaired) electrons. The lowest BCUT2D eigenvalue weighted by molar-refractivity contribution is 0.193. The summed E-state index contributed by atoms with van der Waals surface area (Å²) in [5.41, 5.74) is 0.601. The Labute approximate surface area is 158 Å². The smallest absolute Gasteiger partial charge is 0.317 e. The number of piperazine rings is 1. The van der Waals surface area contributed by atoms with Crippen molar-refractivity contribution in [1.29, 1.82) is 0 Å². The lowest BCUT2D eigenvalue weighted by Gasteiger charge is -2.36. The van der Waals surface area contributed by atoms with Gasteiger partial charge in [-0.05, 0) is 25.0 Å². The van der Waals surface area contributed by atoms with Gasteiger partial charge in [0.15, 0.2) is 5.82 Å². The molecule has 8 heteroatoms. The van der Waals surface area contributed by atoms with Crippen LogP contribution >= 0.6 is 0 Å². The molecule has 2 aromatic rings. The highest BCUT2D eigenvalue weighted by atomic mass is 19.1. The highest BCUT2D eigenvalue weighted by Crippen LogP contribution is 2.20. The summed E-state index contributed by atoms with van der Waals surface area (Å²) in [4.78, 5) is 16.3. The predicted molar refractivity (Wildman–Crippen MR) is 100.0 cm³/mol. The number of carbonyl (C=O) groups is 1. The van der Waals surface area contributed by atoms with Gasteiger partial charge in [-0.2, -0.15) is 0 Å². The minimum absolute atomic E-state index is 0.103. The average molecular weight is 372 g/mol. The number of nitrogens with one attached hydrogen (secondary N) is 1. The van der Waals surface area contributed by atoms with Crippen LogP contribution in [-0.2, 0) is 19.5 Å². The van der Waals surface area contributed by atoms with E-state index < -0.39 is 0 Å². The summed E-state index contributed by atoms with van der Waals surface area (Å²) in [7, 11) is 0. The molecule has 1 N–H and O–H groups in total. The average Bonchev–Trinajstić information content (AvgIpc) is 2.93. The van der Waals surface area contributed by atoms with Gasteiger partial charge in [-0.15, -0.1) is 10.2 Å². The highest BCUT2D eigenvalue weighted by molar-refractivity contribution is 5.74. The van der Waals surface area contributed by atoms with Crippen LogP contribution in [-0.4, -0.2) is 51.9 Å². The molecule has 0 atom stereocenters. The Bertz CT molecular complexity index is 799. The van der Waals surface area contributed by atoms with Crippen molar-refractivity contribution in [2.45, 2.75) is 38.8 Å². The maximum absolute atomic E-state index is 13.9. The molecule has 0 bridgehead atoms. The third-order valence-corrected chi connectivity index (χ3v) is 5.34. The first-order valence-corrected chi connectivity index (χ1v) is 9.65. The first kappa shape index (κ1) is 17.8. The van der Waals surface area contributed by atoms with Crippen LogP contribution in [0.4, 0.5) is 14.9 Å². The largest absolute Gasteiger partial charge is 0.366 e. The van der Waals surface area contributed by atoms with E-state index in [1.54, 1.807) is 17.0 Å². The van der Waals surface area contributed by atoms with E-state index in [0.717, 1.165) is 37.5 Å². The molecule has 1 aromatic heterocycles. The van der Waals surface area contributed by atoms with Gasteiger partial charge in [0, 0.05) is 39.1 Å². The van der Waals surface area contributed by atoms with Crippen LogP contribution in [0.1, 0.15) is 30.9 Å². The number of halogens is 1. The zero-order valence-corrected chi connectivity index (χ0v) is 15.4. The second-order valence-electron chi connectivity index (χ2n) is 7.08. The minimum Gasteiger partial charge on any atom is -0.366 e. The molecule has 2 aliphatic rings. The molecule has 144 valence electrons. The van der Waals surface area contributed by atoms with Crippen molar-refractivity contribution in [3.63, 3.8) is 0 Å². The van der Waals surface area contributed by atoms with E-state index in [-0.39, 0.29) is 11.8 Å². The Kier molecular flexibility index (Phi) is 5.22. The molecule has 0 unspecified atom stereocenters. The fourth-order valence-electron chi connectivity index (χ4n) is 3.80. The molecule has 3 heterocycles. The Morgan fingerprint density at radius 2 is 1.85 bits per heavy atom. The lowest BCUT2D eigenvalue weighted by Crippen LogP contribution is -2.52. The molecule has 4 rings (SSSR count). The number of anilines is 1. The molecule has 0 spiro atoms. The Hall–Kier alpha value is -2.64. The summed E-state index contributed by atoms with van der Waals surface area (Å²) >= 11 is 0. The highest BCUT2D eigenvalue weighted by Gasteiger charge is 2.23. The fraction of sp³-hybridized carbons (Fsp3) is 0.526. The number of aromatic nitrogens is 3. The van der Waals surface area contributed by atoms with Crippen molar-refractivity contribution in [3.8, 4) is 0 Å². The number of hydrogen-bond acceptors (Lipinski definition) is 4. The quantitative estimate of drug-likeness (QED) is 0.897. The summed E-state index contributed by atoms with van der Waals surface area (Å²) in [6, 6.07) is 6.67. The normalized spacial score (nSPS) is 17.4. The zero-order valence-electron chi connectivity index (χ0n) is 15.4. The number of urea groups is 1. The number of rotatable bonds is 3. The first-order valence-electron chi connectivity index (χ1n) is 9.65.